The molecule has 0 spiro atoms. The zero-order valence-electron chi connectivity index (χ0n) is 17.3. The number of nitrogens with one attached hydrogen (secondary N) is 2. The number of morpholine rings is 1. The molecule has 2 aromatic carbocycles. The van der Waals surface area contributed by atoms with Gasteiger partial charge in [-0.1, -0.05) is 0 Å². The van der Waals surface area contributed by atoms with E-state index in [9.17, 15) is 4.39 Å². The number of benzene rings is 2. The van der Waals surface area contributed by atoms with Gasteiger partial charge in [0, 0.05) is 36.4 Å². The Kier molecular flexibility index (Phi) is 5.82. The van der Waals surface area contributed by atoms with Crippen molar-refractivity contribution >= 4 is 28.2 Å². The Morgan fingerprint density at radius 2 is 1.94 bits per heavy atom. The van der Waals surface area contributed by atoms with Crippen LogP contribution in [0.3, 0.4) is 0 Å². The molecule has 0 unspecified atom stereocenters. The molecule has 2 aliphatic rings. The van der Waals surface area contributed by atoms with Gasteiger partial charge in [0.1, 0.15) is 17.7 Å². The summed E-state index contributed by atoms with van der Waals surface area (Å²) in [5.41, 5.74) is 1.98. The van der Waals surface area contributed by atoms with Gasteiger partial charge < -0.3 is 25.0 Å². The summed E-state index contributed by atoms with van der Waals surface area (Å²) in [5.74, 6) is 0.959. The molecule has 31 heavy (non-hydrogen) atoms. The molecule has 2 N–H and O–H groups in total. The van der Waals surface area contributed by atoms with E-state index in [1.54, 1.807) is 12.3 Å². The van der Waals surface area contributed by atoms with Gasteiger partial charge in [0.25, 0.3) is 0 Å². The van der Waals surface area contributed by atoms with Crippen LogP contribution in [0.1, 0.15) is 12.8 Å². The van der Waals surface area contributed by atoms with Crippen LogP contribution in [-0.4, -0.2) is 55.5 Å². The van der Waals surface area contributed by atoms with Crippen molar-refractivity contribution in [1.82, 2.24) is 15.3 Å². The van der Waals surface area contributed by atoms with Gasteiger partial charge in [0.15, 0.2) is 0 Å². The van der Waals surface area contributed by atoms with Crippen LogP contribution in [0.25, 0.3) is 10.9 Å². The zero-order chi connectivity index (χ0) is 21.0. The average molecular weight is 423 g/mol. The van der Waals surface area contributed by atoms with Crippen molar-refractivity contribution in [2.75, 3.05) is 49.6 Å². The van der Waals surface area contributed by atoms with Gasteiger partial charge >= 0.3 is 0 Å². The lowest BCUT2D eigenvalue weighted by Gasteiger charge is -2.29. The average Bonchev–Trinajstić information content (AvgIpc) is 2.80. The predicted octanol–water partition coefficient (Wildman–Crippen LogP) is 3.48. The first-order valence-electron chi connectivity index (χ1n) is 10.8. The fourth-order valence-electron chi connectivity index (χ4n) is 4.02. The highest BCUT2D eigenvalue weighted by molar-refractivity contribution is 5.80. The number of fused-ring (bicyclic) bond motifs is 1. The molecule has 2 aliphatic heterocycles. The molecule has 0 atom stereocenters. The summed E-state index contributed by atoms with van der Waals surface area (Å²) >= 11 is 0. The minimum absolute atomic E-state index is 0.228. The van der Waals surface area contributed by atoms with E-state index in [1.807, 2.05) is 29.2 Å². The topological polar surface area (TPSA) is 71.5 Å². The normalized spacial score (nSPS) is 17.6. The SMILES string of the molecule is Fc1cc(Nc2ncc3ccc(OC4CCNCC4)cc3n2)ccc1N1CCOCC1. The standard InChI is InChI=1S/C23H26FN5O2/c24-20-13-17(2-4-22(20)29-9-11-30-12-10-29)27-23-26-15-16-1-3-19(14-21(16)28-23)31-18-5-7-25-8-6-18/h1-4,13-15,18,25H,5-12H2,(H,26,27,28). The molecule has 0 radical (unpaired) electrons. The maximum Gasteiger partial charge on any atom is 0.227 e. The molecule has 0 aliphatic carbocycles. The van der Waals surface area contributed by atoms with Crippen LogP contribution < -0.4 is 20.3 Å². The van der Waals surface area contributed by atoms with E-state index in [-0.39, 0.29) is 11.9 Å². The van der Waals surface area contributed by atoms with Crippen LogP contribution in [0, 0.1) is 5.82 Å². The summed E-state index contributed by atoms with van der Waals surface area (Å²) in [7, 11) is 0. The number of halogens is 1. The second-order valence-corrected chi connectivity index (χ2v) is 7.87. The first kappa shape index (κ1) is 20.0. The third-order valence-electron chi connectivity index (χ3n) is 5.70. The fourth-order valence-corrected chi connectivity index (χ4v) is 4.02. The van der Waals surface area contributed by atoms with Gasteiger partial charge in [-0.25, -0.2) is 14.4 Å². The number of ether oxygens (including phenoxy) is 2. The van der Waals surface area contributed by atoms with Crippen molar-refractivity contribution in [2.24, 2.45) is 0 Å². The molecule has 0 saturated carbocycles. The smallest absolute Gasteiger partial charge is 0.227 e. The fraction of sp³-hybridized carbons (Fsp3) is 0.391. The van der Waals surface area contributed by atoms with Crippen LogP contribution in [0.4, 0.5) is 21.7 Å². The quantitative estimate of drug-likeness (QED) is 0.651. The summed E-state index contributed by atoms with van der Waals surface area (Å²) < 4.78 is 26.2. The van der Waals surface area contributed by atoms with Crippen LogP contribution >= 0.6 is 0 Å². The Morgan fingerprint density at radius 1 is 1.10 bits per heavy atom. The van der Waals surface area contributed by atoms with Crippen molar-refractivity contribution in [3.63, 3.8) is 0 Å². The maximum atomic E-state index is 14.7. The van der Waals surface area contributed by atoms with Gasteiger partial charge in [-0.05, 0) is 56.3 Å². The van der Waals surface area contributed by atoms with Gasteiger partial charge in [0.2, 0.25) is 5.95 Å². The van der Waals surface area contributed by atoms with Crippen molar-refractivity contribution in [2.45, 2.75) is 18.9 Å². The molecule has 2 fully saturated rings. The molecule has 162 valence electrons. The summed E-state index contributed by atoms with van der Waals surface area (Å²) in [6, 6.07) is 11.0. The van der Waals surface area contributed by atoms with E-state index in [4.69, 9.17) is 9.47 Å². The van der Waals surface area contributed by atoms with Gasteiger partial charge in [-0.2, -0.15) is 0 Å². The summed E-state index contributed by atoms with van der Waals surface area (Å²) in [6.07, 6.45) is 3.99. The Balaban J connectivity index is 1.32. The number of piperidine rings is 1. The predicted molar refractivity (Wildman–Crippen MR) is 119 cm³/mol. The molecule has 0 amide bonds. The van der Waals surface area contributed by atoms with Crippen molar-refractivity contribution in [3.8, 4) is 5.75 Å². The number of anilines is 3. The van der Waals surface area contributed by atoms with E-state index in [1.165, 1.54) is 6.07 Å². The molecule has 3 heterocycles. The second-order valence-electron chi connectivity index (χ2n) is 7.87. The van der Waals surface area contributed by atoms with Crippen LogP contribution in [-0.2, 0) is 4.74 Å². The first-order valence-corrected chi connectivity index (χ1v) is 10.8. The number of hydrogen-bond donors (Lipinski definition) is 2. The van der Waals surface area contributed by atoms with Crippen molar-refractivity contribution < 1.29 is 13.9 Å². The highest BCUT2D eigenvalue weighted by Crippen LogP contribution is 2.26. The molecular formula is C23H26FN5O2. The third kappa shape index (κ3) is 4.70. The highest BCUT2D eigenvalue weighted by atomic mass is 19.1. The molecule has 8 heteroatoms. The van der Waals surface area contributed by atoms with Gasteiger partial charge in [0.05, 0.1) is 24.4 Å². The number of hydrogen-bond acceptors (Lipinski definition) is 7. The van der Waals surface area contributed by atoms with Crippen molar-refractivity contribution in [3.05, 3.63) is 48.4 Å². The van der Waals surface area contributed by atoms with Crippen molar-refractivity contribution in [1.29, 1.82) is 0 Å². The lowest BCUT2D eigenvalue weighted by Crippen LogP contribution is -2.36. The van der Waals surface area contributed by atoms with Gasteiger partial charge in [-0.3, -0.25) is 0 Å². The molecule has 0 bridgehead atoms. The first-order chi connectivity index (χ1) is 15.2. The summed E-state index contributed by atoms with van der Waals surface area (Å²) in [5, 5.41) is 7.38. The molecule has 5 rings (SSSR count). The minimum atomic E-state index is -0.273. The van der Waals surface area contributed by atoms with E-state index >= 15 is 0 Å². The zero-order valence-corrected chi connectivity index (χ0v) is 17.3. The summed E-state index contributed by atoms with van der Waals surface area (Å²) in [4.78, 5) is 11.0. The Bertz CT molecular complexity index is 1050. The van der Waals surface area contributed by atoms with Crippen LogP contribution in [0.5, 0.6) is 5.75 Å². The molecular weight excluding hydrogens is 397 g/mol. The van der Waals surface area contributed by atoms with E-state index in [0.717, 1.165) is 42.6 Å². The second kappa shape index (κ2) is 9.03. The lowest BCUT2D eigenvalue weighted by molar-refractivity contribution is 0.122. The number of aromatic nitrogens is 2. The summed E-state index contributed by atoms with van der Waals surface area (Å²) in [6.45, 7) is 4.59. The largest absolute Gasteiger partial charge is 0.490 e. The van der Waals surface area contributed by atoms with E-state index in [0.29, 0.717) is 43.6 Å². The molecule has 1 aromatic heterocycles. The lowest BCUT2D eigenvalue weighted by atomic mass is 10.1. The highest BCUT2D eigenvalue weighted by Gasteiger charge is 2.16. The molecule has 7 nitrogen and oxygen atoms in total. The van der Waals surface area contributed by atoms with E-state index in [2.05, 4.69) is 20.6 Å². The van der Waals surface area contributed by atoms with Crippen LogP contribution in [0.15, 0.2) is 42.6 Å². The Hall–Kier alpha value is -2.97. The van der Waals surface area contributed by atoms with E-state index < -0.39 is 0 Å². The maximum absolute atomic E-state index is 14.7. The third-order valence-corrected chi connectivity index (χ3v) is 5.70. The molecule has 3 aromatic rings. The number of nitrogens with zero attached hydrogens (tertiary/aromatic N) is 3. The monoisotopic (exact) mass is 423 g/mol. The Morgan fingerprint density at radius 3 is 2.74 bits per heavy atom. The van der Waals surface area contributed by atoms with Crippen LogP contribution in [0.2, 0.25) is 0 Å². The molecule has 2 saturated heterocycles. The Labute approximate surface area is 180 Å². The number of rotatable bonds is 5. The van der Waals surface area contributed by atoms with Gasteiger partial charge in [-0.15, -0.1) is 0 Å². The minimum Gasteiger partial charge on any atom is -0.490 e.